The molecule has 0 radical (unpaired) electrons. The lowest BCUT2D eigenvalue weighted by Gasteiger charge is -2.43. The summed E-state index contributed by atoms with van der Waals surface area (Å²) in [6, 6.07) is 1.62. The van der Waals surface area contributed by atoms with Gasteiger partial charge in [-0.2, -0.15) is 8.42 Å². The van der Waals surface area contributed by atoms with Crippen molar-refractivity contribution < 1.29 is 61.0 Å². The van der Waals surface area contributed by atoms with E-state index in [9.17, 15) is 51.9 Å². The Kier molecular flexibility index (Phi) is 13.1. The molecule has 2 heterocycles. The highest BCUT2D eigenvalue weighted by Crippen LogP contribution is 2.25. The number of oxime groups is 1. The molecule has 4 N–H and O–H groups in total. The van der Waals surface area contributed by atoms with E-state index in [2.05, 4.69) is 20.8 Å². The molecule has 2 atom stereocenters. The van der Waals surface area contributed by atoms with Gasteiger partial charge in [-0.1, -0.05) is 5.16 Å². The molecule has 270 valence electrons. The van der Waals surface area contributed by atoms with Gasteiger partial charge in [0, 0.05) is 17.5 Å². The minimum Gasteiger partial charge on any atom is -0.458 e. The third-order valence-electron chi connectivity index (χ3n) is 6.16. The number of nitrogens with zero attached hydrogens (tertiary/aromatic N) is 4. The number of thiazole rings is 1. The van der Waals surface area contributed by atoms with Crippen LogP contribution in [0.4, 0.5) is 15.6 Å². The van der Waals surface area contributed by atoms with E-state index in [0.29, 0.717) is 5.56 Å². The monoisotopic (exact) mass is 781 g/mol. The van der Waals surface area contributed by atoms with E-state index in [1.807, 2.05) is 0 Å². The van der Waals surface area contributed by atoms with E-state index >= 15 is 0 Å². The maximum Gasteiger partial charge on any atom is 0.413 e. The molecule has 21 nitrogen and oxygen atoms in total. The third-order valence-corrected chi connectivity index (χ3v) is 8.35. The summed E-state index contributed by atoms with van der Waals surface area (Å²) in [6.45, 7) is 1.14. The molecule has 3 rings (SSSR count). The quantitative estimate of drug-likeness (QED) is 0.0363. The topological polar surface area (TPSA) is 292 Å². The summed E-state index contributed by atoms with van der Waals surface area (Å²) in [4.78, 5) is 93.6. The Bertz CT molecular complexity index is 1820. The number of benzene rings is 1. The number of ether oxygens (including phenoxy) is 2. The Balaban J connectivity index is 1.84. The lowest BCUT2D eigenvalue weighted by atomic mass is 9.99. The summed E-state index contributed by atoms with van der Waals surface area (Å²) in [5.74, 6) is -6.33. The second kappa shape index (κ2) is 16.6. The Morgan fingerprint density at radius 1 is 1.12 bits per heavy atom. The van der Waals surface area contributed by atoms with Gasteiger partial charge in [-0.05, 0) is 31.5 Å². The van der Waals surface area contributed by atoms with E-state index in [1.54, 1.807) is 5.32 Å². The number of β-lactam (4-membered cyclic amide) rings is 1. The number of halogens is 2. The number of amides is 5. The van der Waals surface area contributed by atoms with E-state index in [0.717, 1.165) is 11.3 Å². The summed E-state index contributed by atoms with van der Waals surface area (Å²) in [5, 5.41) is 21.9. The summed E-state index contributed by atoms with van der Waals surface area (Å²) in [6.07, 6.45) is -1.39. The standard InChI is InChI=1S/C25H25Cl2N7O14S2/c1-25(2,22(39)46-9-12-3-5-13(6-4-12)34(41)42)48-32-18(14-11-49-23(28-14)29-16(35)7-26)20(37)31-19-15(33(21(19)38)50(43,44)45)10-47-24(40)30-17(36)8-27/h3-6,11,15,19H,7-10H2,1-2H3,(H,31,37)(H,28,29,35)(H,30,36,40)(H,43,44,45)/b32-18-. The van der Waals surface area contributed by atoms with Crippen LogP contribution in [0.15, 0.2) is 34.8 Å². The zero-order valence-electron chi connectivity index (χ0n) is 25.5. The molecule has 50 heavy (non-hydrogen) atoms. The van der Waals surface area contributed by atoms with Crippen molar-refractivity contribution >= 4 is 97.1 Å². The summed E-state index contributed by atoms with van der Waals surface area (Å²) in [5.41, 5.74) is -2.70. The second-order valence-corrected chi connectivity index (χ2v) is 12.9. The number of nitro benzene ring substituents is 1. The number of esters is 1. The molecule has 25 heteroatoms. The highest BCUT2D eigenvalue weighted by Gasteiger charge is 2.55. The number of nitro groups is 1. The molecule has 1 aromatic heterocycles. The first-order valence-corrected chi connectivity index (χ1v) is 16.8. The number of non-ortho nitro benzene ring substituents is 1. The van der Waals surface area contributed by atoms with Crippen LogP contribution >= 0.6 is 34.5 Å². The minimum atomic E-state index is -5.23. The Morgan fingerprint density at radius 3 is 2.34 bits per heavy atom. The summed E-state index contributed by atoms with van der Waals surface area (Å²) in [7, 11) is -5.23. The van der Waals surface area contributed by atoms with Gasteiger partial charge in [-0.25, -0.2) is 18.9 Å². The molecule has 1 aromatic carbocycles. The van der Waals surface area contributed by atoms with Crippen molar-refractivity contribution in [1.82, 2.24) is 19.9 Å². The van der Waals surface area contributed by atoms with Crippen molar-refractivity contribution in [3.63, 3.8) is 0 Å². The van der Waals surface area contributed by atoms with Crippen molar-refractivity contribution in [2.45, 2.75) is 38.1 Å². The number of alkyl carbamates (subject to hydrolysis) is 1. The average molecular weight is 783 g/mol. The first-order chi connectivity index (χ1) is 23.4. The fourth-order valence-corrected chi connectivity index (χ4v) is 5.42. The predicted octanol–water partition coefficient (Wildman–Crippen LogP) is 0.461. The van der Waals surface area contributed by atoms with Crippen molar-refractivity contribution in [2.75, 3.05) is 23.7 Å². The smallest absolute Gasteiger partial charge is 0.413 e. The van der Waals surface area contributed by atoms with Crippen molar-refractivity contribution in [3.05, 3.63) is 51.0 Å². The molecule has 1 aliphatic rings. The maximum absolute atomic E-state index is 13.5. The molecule has 1 fully saturated rings. The number of carbonyl (C=O) groups is 6. The van der Waals surface area contributed by atoms with Gasteiger partial charge in [0.25, 0.3) is 17.5 Å². The number of aromatic nitrogens is 1. The lowest BCUT2D eigenvalue weighted by Crippen LogP contribution is -2.73. The van der Waals surface area contributed by atoms with E-state index in [1.165, 1.54) is 43.5 Å². The molecule has 1 saturated heterocycles. The lowest BCUT2D eigenvalue weighted by molar-refractivity contribution is -0.384. The fraction of sp³-hybridized carbons (Fsp3) is 0.360. The van der Waals surface area contributed by atoms with Crippen LogP contribution in [-0.2, 0) is 55.2 Å². The van der Waals surface area contributed by atoms with E-state index in [-0.39, 0.29) is 27.4 Å². The maximum atomic E-state index is 13.5. The van der Waals surface area contributed by atoms with Gasteiger partial charge >= 0.3 is 22.4 Å². The number of rotatable bonds is 15. The Hall–Kier alpha value is -4.97. The van der Waals surface area contributed by atoms with Crippen molar-refractivity contribution in [3.8, 4) is 0 Å². The molecule has 0 bridgehead atoms. The summed E-state index contributed by atoms with van der Waals surface area (Å²) < 4.78 is 43.0. The largest absolute Gasteiger partial charge is 0.458 e. The van der Waals surface area contributed by atoms with Crippen LogP contribution in [0, 0.1) is 10.1 Å². The molecular weight excluding hydrogens is 757 g/mol. The van der Waals surface area contributed by atoms with Crippen LogP contribution in [-0.4, -0.2) is 105 Å². The van der Waals surface area contributed by atoms with Crippen molar-refractivity contribution in [1.29, 1.82) is 0 Å². The number of alkyl halides is 2. The Morgan fingerprint density at radius 2 is 1.76 bits per heavy atom. The van der Waals surface area contributed by atoms with Crippen LogP contribution in [0.3, 0.4) is 0 Å². The summed E-state index contributed by atoms with van der Waals surface area (Å²) >= 11 is 11.6. The van der Waals surface area contributed by atoms with Gasteiger partial charge in [0.2, 0.25) is 17.4 Å². The number of carbonyl (C=O) groups excluding carboxylic acids is 6. The number of hydrogen-bond acceptors (Lipinski definition) is 16. The van der Waals surface area contributed by atoms with Gasteiger partial charge in [-0.15, -0.1) is 34.5 Å². The van der Waals surface area contributed by atoms with Crippen LogP contribution in [0.1, 0.15) is 25.1 Å². The number of nitrogens with one attached hydrogen (secondary N) is 3. The first-order valence-electron chi connectivity index (χ1n) is 13.5. The second-order valence-electron chi connectivity index (χ2n) is 10.2. The average Bonchev–Trinajstić information content (AvgIpc) is 3.51. The fourth-order valence-electron chi connectivity index (χ4n) is 3.71. The molecule has 0 aliphatic carbocycles. The molecular formula is C25H25Cl2N7O14S2. The number of imide groups is 1. The minimum absolute atomic E-state index is 0.0611. The first kappa shape index (κ1) is 39.5. The zero-order chi connectivity index (χ0) is 37.4. The molecule has 2 unspecified atom stereocenters. The van der Waals surface area contributed by atoms with Gasteiger partial charge in [0.05, 0.1) is 4.92 Å². The highest BCUT2D eigenvalue weighted by molar-refractivity contribution is 7.84. The van der Waals surface area contributed by atoms with E-state index < -0.39 is 92.7 Å². The molecule has 5 amide bonds. The van der Waals surface area contributed by atoms with E-state index in [4.69, 9.17) is 37.5 Å². The van der Waals surface area contributed by atoms with Gasteiger partial charge in [-0.3, -0.25) is 39.2 Å². The normalized spacial score (nSPS) is 16.1. The van der Waals surface area contributed by atoms with Gasteiger partial charge in [0.1, 0.15) is 42.8 Å². The Labute approximate surface area is 295 Å². The highest BCUT2D eigenvalue weighted by atomic mass is 35.5. The SMILES string of the molecule is CC(C)(O/N=C(\C(=O)NC1C(=O)N(S(=O)(=O)O)C1COC(=O)NC(=O)CCl)c1csc(NC(=O)CCl)n1)C(=O)OCc1ccc([N+](=O)[O-])cc1. The molecule has 0 spiro atoms. The molecule has 0 saturated carbocycles. The zero-order valence-corrected chi connectivity index (χ0v) is 28.6. The third kappa shape index (κ3) is 10.3. The molecule has 1 aliphatic heterocycles. The van der Waals surface area contributed by atoms with Crippen LogP contribution in [0.5, 0.6) is 0 Å². The van der Waals surface area contributed by atoms with Crippen LogP contribution in [0.2, 0.25) is 0 Å². The van der Waals surface area contributed by atoms with Crippen LogP contribution in [0.25, 0.3) is 0 Å². The number of anilines is 1. The van der Waals surface area contributed by atoms with Gasteiger partial charge in [0.15, 0.2) is 10.8 Å². The van der Waals surface area contributed by atoms with Crippen LogP contribution < -0.4 is 16.0 Å². The number of hydrogen-bond donors (Lipinski definition) is 4. The predicted molar refractivity (Wildman–Crippen MR) is 170 cm³/mol. The van der Waals surface area contributed by atoms with Crippen molar-refractivity contribution in [2.24, 2.45) is 5.16 Å². The van der Waals surface area contributed by atoms with Gasteiger partial charge < -0.3 is 24.9 Å². The molecule has 2 aromatic rings.